The fraction of sp³-hybridized carbons (Fsp3) is 0.636. The highest BCUT2D eigenvalue weighted by atomic mass is 35.5. The molecule has 84 valence electrons. The zero-order valence-electron chi connectivity index (χ0n) is 9.46. The number of hydrogen-bond acceptors (Lipinski definition) is 3. The molecule has 0 N–H and O–H groups in total. The highest BCUT2D eigenvalue weighted by Crippen LogP contribution is 2.23. The second-order valence-electron chi connectivity index (χ2n) is 3.52. The molecule has 3 nitrogen and oxygen atoms in total. The van der Waals surface area contributed by atoms with Gasteiger partial charge >= 0.3 is 0 Å². The predicted molar refractivity (Wildman–Crippen MR) is 61.4 cm³/mol. The molecule has 0 aliphatic rings. The van der Waals surface area contributed by atoms with E-state index >= 15 is 0 Å². The van der Waals surface area contributed by atoms with Crippen molar-refractivity contribution < 1.29 is 4.74 Å². The third kappa shape index (κ3) is 3.34. The lowest BCUT2D eigenvalue weighted by Gasteiger charge is -2.15. The molecule has 1 heterocycles. The second kappa shape index (κ2) is 5.91. The van der Waals surface area contributed by atoms with Crippen LogP contribution in [0.2, 0.25) is 5.15 Å². The van der Waals surface area contributed by atoms with Gasteiger partial charge in [-0.05, 0) is 19.8 Å². The van der Waals surface area contributed by atoms with Gasteiger partial charge in [0.25, 0.3) is 0 Å². The summed E-state index contributed by atoms with van der Waals surface area (Å²) in [6.45, 7) is 6.19. The van der Waals surface area contributed by atoms with Crippen molar-refractivity contribution in [3.05, 3.63) is 17.0 Å². The van der Waals surface area contributed by atoms with Gasteiger partial charge in [0.15, 0.2) is 0 Å². The molecule has 0 amide bonds. The molecule has 0 aliphatic heterocycles. The molecule has 1 rings (SSSR count). The maximum absolute atomic E-state index is 5.96. The minimum atomic E-state index is 0.172. The van der Waals surface area contributed by atoms with Crippen LogP contribution in [0.4, 0.5) is 0 Å². The van der Waals surface area contributed by atoms with Gasteiger partial charge in [-0.25, -0.2) is 9.97 Å². The summed E-state index contributed by atoms with van der Waals surface area (Å²) in [5, 5.41) is 0.492. The van der Waals surface area contributed by atoms with Crippen LogP contribution in [0.15, 0.2) is 6.33 Å². The molecule has 0 saturated carbocycles. The third-order valence-corrected chi connectivity index (χ3v) is 2.54. The third-order valence-electron chi connectivity index (χ3n) is 2.21. The smallest absolute Gasteiger partial charge is 0.221 e. The zero-order valence-corrected chi connectivity index (χ0v) is 10.2. The van der Waals surface area contributed by atoms with Crippen molar-refractivity contribution in [3.8, 4) is 5.88 Å². The minimum Gasteiger partial charge on any atom is -0.474 e. The number of halogens is 1. The van der Waals surface area contributed by atoms with Gasteiger partial charge in [-0.15, -0.1) is 0 Å². The average molecular weight is 229 g/mol. The molecular formula is C11H17ClN2O. The van der Waals surface area contributed by atoms with Crippen LogP contribution in [0, 0.1) is 0 Å². The van der Waals surface area contributed by atoms with Crippen molar-refractivity contribution in [2.24, 2.45) is 0 Å². The Labute approximate surface area is 95.8 Å². The molecule has 0 saturated heterocycles. The first-order valence-corrected chi connectivity index (χ1v) is 5.72. The van der Waals surface area contributed by atoms with E-state index in [0.717, 1.165) is 24.8 Å². The topological polar surface area (TPSA) is 35.0 Å². The molecule has 0 fully saturated rings. The Balaban J connectivity index is 2.80. The first-order valence-electron chi connectivity index (χ1n) is 5.35. The lowest BCUT2D eigenvalue weighted by molar-refractivity contribution is 0.199. The summed E-state index contributed by atoms with van der Waals surface area (Å²) in [6, 6.07) is 0. The standard InChI is InChI=1S/C11H17ClN2O/c1-4-6-8(3)15-11-9(5-2)10(12)13-7-14-11/h7-8H,4-6H2,1-3H3. The molecule has 0 aromatic carbocycles. The number of aromatic nitrogens is 2. The van der Waals surface area contributed by atoms with Crippen molar-refractivity contribution >= 4 is 11.6 Å². The average Bonchev–Trinajstić information content (AvgIpc) is 2.18. The van der Waals surface area contributed by atoms with Gasteiger partial charge in [-0.2, -0.15) is 0 Å². The van der Waals surface area contributed by atoms with Crippen LogP contribution in [-0.2, 0) is 6.42 Å². The Kier molecular flexibility index (Phi) is 4.82. The monoisotopic (exact) mass is 228 g/mol. The quantitative estimate of drug-likeness (QED) is 0.726. The van der Waals surface area contributed by atoms with Crippen molar-refractivity contribution in [1.82, 2.24) is 9.97 Å². The lowest BCUT2D eigenvalue weighted by atomic mass is 10.2. The molecule has 1 aromatic rings. The SMILES string of the molecule is CCCC(C)Oc1ncnc(Cl)c1CC. The molecule has 0 aliphatic carbocycles. The number of ether oxygens (including phenoxy) is 1. The van der Waals surface area contributed by atoms with E-state index in [1.165, 1.54) is 6.33 Å². The summed E-state index contributed by atoms with van der Waals surface area (Å²) in [5.74, 6) is 0.624. The molecule has 1 atom stereocenters. The zero-order chi connectivity index (χ0) is 11.3. The van der Waals surface area contributed by atoms with Gasteiger partial charge in [-0.1, -0.05) is 31.9 Å². The fourth-order valence-corrected chi connectivity index (χ4v) is 1.69. The van der Waals surface area contributed by atoms with Gasteiger partial charge in [0.05, 0.1) is 11.7 Å². The first kappa shape index (κ1) is 12.2. The maximum Gasteiger partial charge on any atom is 0.221 e. The summed E-state index contributed by atoms with van der Waals surface area (Å²) < 4.78 is 5.72. The Morgan fingerprint density at radius 1 is 1.40 bits per heavy atom. The normalized spacial score (nSPS) is 12.5. The van der Waals surface area contributed by atoms with Crippen molar-refractivity contribution in [3.63, 3.8) is 0 Å². The maximum atomic E-state index is 5.96. The highest BCUT2D eigenvalue weighted by Gasteiger charge is 2.11. The molecule has 1 aromatic heterocycles. The summed E-state index contributed by atoms with van der Waals surface area (Å²) >= 11 is 5.96. The summed E-state index contributed by atoms with van der Waals surface area (Å²) in [7, 11) is 0. The van der Waals surface area contributed by atoms with E-state index in [1.54, 1.807) is 0 Å². The molecule has 0 bridgehead atoms. The lowest BCUT2D eigenvalue weighted by Crippen LogP contribution is -2.13. The van der Waals surface area contributed by atoms with Gasteiger partial charge < -0.3 is 4.74 Å². The van der Waals surface area contributed by atoms with Crippen molar-refractivity contribution in [2.75, 3.05) is 0 Å². The summed E-state index contributed by atoms with van der Waals surface area (Å²) in [6.07, 6.45) is 4.52. The Morgan fingerprint density at radius 3 is 2.73 bits per heavy atom. The van der Waals surface area contributed by atoms with Crippen LogP contribution < -0.4 is 4.74 Å². The largest absolute Gasteiger partial charge is 0.474 e. The van der Waals surface area contributed by atoms with E-state index in [1.807, 2.05) is 13.8 Å². The van der Waals surface area contributed by atoms with Gasteiger partial charge in [0.2, 0.25) is 5.88 Å². The minimum absolute atomic E-state index is 0.172. The van der Waals surface area contributed by atoms with Crippen LogP contribution >= 0.6 is 11.6 Å². The van der Waals surface area contributed by atoms with Crippen LogP contribution in [-0.4, -0.2) is 16.1 Å². The van der Waals surface area contributed by atoms with E-state index in [-0.39, 0.29) is 6.10 Å². The van der Waals surface area contributed by atoms with E-state index in [9.17, 15) is 0 Å². The van der Waals surface area contributed by atoms with E-state index in [0.29, 0.717) is 11.0 Å². The molecule has 4 heteroatoms. The van der Waals surface area contributed by atoms with Crippen LogP contribution in [0.25, 0.3) is 0 Å². The van der Waals surface area contributed by atoms with Crippen LogP contribution in [0.3, 0.4) is 0 Å². The van der Waals surface area contributed by atoms with E-state index in [2.05, 4.69) is 16.9 Å². The fourth-order valence-electron chi connectivity index (χ4n) is 1.43. The molecule has 15 heavy (non-hydrogen) atoms. The van der Waals surface area contributed by atoms with E-state index in [4.69, 9.17) is 16.3 Å². The molecule has 0 spiro atoms. The molecular weight excluding hydrogens is 212 g/mol. The van der Waals surface area contributed by atoms with Crippen LogP contribution in [0.5, 0.6) is 5.88 Å². The summed E-state index contributed by atoms with van der Waals surface area (Å²) in [5.41, 5.74) is 0.891. The number of rotatable bonds is 5. The molecule has 1 unspecified atom stereocenters. The van der Waals surface area contributed by atoms with Crippen LogP contribution in [0.1, 0.15) is 39.2 Å². The Bertz CT molecular complexity index is 317. The van der Waals surface area contributed by atoms with Gasteiger partial charge in [-0.3, -0.25) is 0 Å². The van der Waals surface area contributed by atoms with Gasteiger partial charge in [0, 0.05) is 0 Å². The highest BCUT2D eigenvalue weighted by molar-refractivity contribution is 6.30. The first-order chi connectivity index (χ1) is 7.19. The molecule has 0 radical (unpaired) electrons. The van der Waals surface area contributed by atoms with E-state index < -0.39 is 0 Å². The van der Waals surface area contributed by atoms with Crippen molar-refractivity contribution in [1.29, 1.82) is 0 Å². The second-order valence-corrected chi connectivity index (χ2v) is 3.88. The van der Waals surface area contributed by atoms with Crippen molar-refractivity contribution in [2.45, 2.75) is 46.1 Å². The van der Waals surface area contributed by atoms with Gasteiger partial charge in [0.1, 0.15) is 11.5 Å². The Hall–Kier alpha value is -0.830. The summed E-state index contributed by atoms with van der Waals surface area (Å²) in [4.78, 5) is 8.05. The predicted octanol–water partition coefficient (Wildman–Crippen LogP) is 3.26. The number of hydrogen-bond donors (Lipinski definition) is 0. The Morgan fingerprint density at radius 2 is 2.13 bits per heavy atom. The number of nitrogens with zero attached hydrogens (tertiary/aromatic N) is 2.